The smallest absolute Gasteiger partial charge is 0.335 e. The number of nitrogens with zero attached hydrogens (tertiary/aromatic N) is 1. The third kappa shape index (κ3) is 6.66. The number of likely N-dealkylation sites (tertiary alicyclic amines) is 1. The molecule has 1 aliphatic rings. The van der Waals surface area contributed by atoms with Gasteiger partial charge < -0.3 is 20.5 Å². The standard InChI is InChI=1S/C27H29N3O4/c31-26(29-22-12-14-25(15-13-22)34-24-6-2-1-3-7-24)18-28-17-23-5-4-16-30(23)19-20-8-10-21(11-9-20)27(32)33/h1-3,6-15,23,28H,4-5,16-19H2,(H,29,31)(H,32,33)/t23-/m1/s1. The van der Waals surface area contributed by atoms with Gasteiger partial charge in [-0.05, 0) is 73.5 Å². The summed E-state index contributed by atoms with van der Waals surface area (Å²) in [6, 6.07) is 24.2. The topological polar surface area (TPSA) is 90.9 Å². The predicted octanol–water partition coefficient (Wildman–Crippen LogP) is 4.37. The lowest BCUT2D eigenvalue weighted by molar-refractivity contribution is -0.115. The average molecular weight is 460 g/mol. The maximum Gasteiger partial charge on any atom is 0.335 e. The van der Waals surface area contributed by atoms with Gasteiger partial charge in [-0.2, -0.15) is 0 Å². The Morgan fingerprint density at radius 1 is 0.941 bits per heavy atom. The molecule has 0 aromatic heterocycles. The number of ether oxygens (including phenoxy) is 1. The van der Waals surface area contributed by atoms with E-state index in [2.05, 4.69) is 15.5 Å². The molecule has 7 heteroatoms. The van der Waals surface area contributed by atoms with Crippen LogP contribution in [0.2, 0.25) is 0 Å². The highest BCUT2D eigenvalue weighted by Crippen LogP contribution is 2.23. The highest BCUT2D eigenvalue weighted by Gasteiger charge is 2.24. The number of rotatable bonds is 10. The van der Waals surface area contributed by atoms with Crippen molar-refractivity contribution in [3.8, 4) is 11.5 Å². The van der Waals surface area contributed by atoms with E-state index < -0.39 is 5.97 Å². The molecule has 7 nitrogen and oxygen atoms in total. The molecular formula is C27H29N3O4. The number of nitrogens with one attached hydrogen (secondary N) is 2. The highest BCUT2D eigenvalue weighted by atomic mass is 16.5. The molecule has 34 heavy (non-hydrogen) atoms. The van der Waals surface area contributed by atoms with Crippen LogP contribution in [0.3, 0.4) is 0 Å². The third-order valence-corrected chi connectivity index (χ3v) is 5.87. The zero-order valence-electron chi connectivity index (χ0n) is 18.9. The van der Waals surface area contributed by atoms with Crippen LogP contribution in [0.1, 0.15) is 28.8 Å². The molecule has 1 aliphatic heterocycles. The van der Waals surface area contributed by atoms with Crippen molar-refractivity contribution >= 4 is 17.6 Å². The Morgan fingerprint density at radius 2 is 1.65 bits per heavy atom. The average Bonchev–Trinajstić information content (AvgIpc) is 3.28. The van der Waals surface area contributed by atoms with Crippen LogP contribution in [0.25, 0.3) is 0 Å². The molecule has 1 atom stereocenters. The second kappa shape index (κ2) is 11.4. The van der Waals surface area contributed by atoms with E-state index >= 15 is 0 Å². The monoisotopic (exact) mass is 459 g/mol. The lowest BCUT2D eigenvalue weighted by Gasteiger charge is -2.25. The van der Waals surface area contributed by atoms with Crippen LogP contribution in [0, 0.1) is 0 Å². The van der Waals surface area contributed by atoms with Crippen molar-refractivity contribution in [2.24, 2.45) is 0 Å². The van der Waals surface area contributed by atoms with Gasteiger partial charge in [0.1, 0.15) is 11.5 Å². The molecule has 1 saturated heterocycles. The molecule has 0 radical (unpaired) electrons. The SMILES string of the molecule is O=C(CNC[C@H]1CCCN1Cc1ccc(C(=O)O)cc1)Nc1ccc(Oc2ccccc2)cc1. The lowest BCUT2D eigenvalue weighted by atomic mass is 10.1. The van der Waals surface area contributed by atoms with Gasteiger partial charge in [0.05, 0.1) is 12.1 Å². The fraction of sp³-hybridized carbons (Fsp3) is 0.259. The molecule has 0 unspecified atom stereocenters. The van der Waals surface area contributed by atoms with Gasteiger partial charge in [-0.15, -0.1) is 0 Å². The molecule has 3 aromatic carbocycles. The summed E-state index contributed by atoms with van der Waals surface area (Å²) in [7, 11) is 0. The Balaban J connectivity index is 1.20. The maximum absolute atomic E-state index is 12.4. The van der Waals surface area contributed by atoms with E-state index in [1.807, 2.05) is 66.7 Å². The number of carbonyl (C=O) groups excluding carboxylic acids is 1. The van der Waals surface area contributed by atoms with Crippen LogP contribution in [0.15, 0.2) is 78.9 Å². The number of aromatic carboxylic acids is 1. The van der Waals surface area contributed by atoms with Gasteiger partial charge in [0.25, 0.3) is 0 Å². The largest absolute Gasteiger partial charge is 0.478 e. The number of carboxylic acid groups (broad SMARTS) is 1. The summed E-state index contributed by atoms with van der Waals surface area (Å²) in [6.07, 6.45) is 2.19. The van der Waals surface area contributed by atoms with E-state index in [9.17, 15) is 9.59 Å². The Kier molecular flexibility index (Phi) is 7.91. The van der Waals surface area contributed by atoms with Gasteiger partial charge in [-0.1, -0.05) is 30.3 Å². The molecule has 4 rings (SSSR count). The van der Waals surface area contributed by atoms with Crippen molar-refractivity contribution < 1.29 is 19.4 Å². The Hall–Kier alpha value is -3.68. The molecule has 176 valence electrons. The molecular weight excluding hydrogens is 430 g/mol. The summed E-state index contributed by atoms with van der Waals surface area (Å²) in [5.74, 6) is 0.470. The van der Waals surface area contributed by atoms with Crippen LogP contribution >= 0.6 is 0 Å². The maximum atomic E-state index is 12.4. The summed E-state index contributed by atoms with van der Waals surface area (Å²) in [6.45, 7) is 2.73. The van der Waals surface area contributed by atoms with Crippen molar-refractivity contribution in [3.05, 3.63) is 90.0 Å². The van der Waals surface area contributed by atoms with Crippen molar-refractivity contribution in [1.82, 2.24) is 10.2 Å². The normalized spacial score (nSPS) is 15.7. The molecule has 0 bridgehead atoms. The van der Waals surface area contributed by atoms with Gasteiger partial charge in [0, 0.05) is 24.8 Å². The van der Waals surface area contributed by atoms with E-state index in [4.69, 9.17) is 9.84 Å². The number of para-hydroxylation sites is 1. The number of hydrogen-bond donors (Lipinski definition) is 3. The summed E-state index contributed by atoms with van der Waals surface area (Å²) >= 11 is 0. The molecule has 1 amide bonds. The minimum atomic E-state index is -0.912. The van der Waals surface area contributed by atoms with Gasteiger partial charge in [0.15, 0.2) is 0 Å². The van der Waals surface area contributed by atoms with Crippen LogP contribution in [0.4, 0.5) is 5.69 Å². The zero-order chi connectivity index (χ0) is 23.8. The van der Waals surface area contributed by atoms with Gasteiger partial charge in [0.2, 0.25) is 5.91 Å². The second-order valence-corrected chi connectivity index (χ2v) is 8.39. The van der Waals surface area contributed by atoms with Crippen LogP contribution in [-0.2, 0) is 11.3 Å². The summed E-state index contributed by atoms with van der Waals surface area (Å²) < 4.78 is 5.77. The van der Waals surface area contributed by atoms with Crippen molar-refractivity contribution in [1.29, 1.82) is 0 Å². The zero-order valence-corrected chi connectivity index (χ0v) is 18.9. The Bertz CT molecular complexity index is 1090. The van der Waals surface area contributed by atoms with Crippen LogP contribution in [0.5, 0.6) is 11.5 Å². The molecule has 1 heterocycles. The van der Waals surface area contributed by atoms with E-state index in [1.54, 1.807) is 12.1 Å². The number of carboxylic acids is 1. The van der Waals surface area contributed by atoms with Crippen molar-refractivity contribution in [2.45, 2.75) is 25.4 Å². The Morgan fingerprint density at radius 3 is 2.35 bits per heavy atom. The molecule has 1 fully saturated rings. The molecule has 3 aromatic rings. The second-order valence-electron chi connectivity index (χ2n) is 8.39. The predicted molar refractivity (Wildman–Crippen MR) is 131 cm³/mol. The molecule has 0 aliphatic carbocycles. The quantitative estimate of drug-likeness (QED) is 0.417. The highest BCUT2D eigenvalue weighted by molar-refractivity contribution is 5.92. The van der Waals surface area contributed by atoms with Gasteiger partial charge in [-0.25, -0.2) is 4.79 Å². The number of hydrogen-bond acceptors (Lipinski definition) is 5. The number of amides is 1. The fourth-order valence-corrected chi connectivity index (χ4v) is 4.11. The van der Waals surface area contributed by atoms with Crippen LogP contribution < -0.4 is 15.4 Å². The van der Waals surface area contributed by atoms with E-state index in [-0.39, 0.29) is 12.5 Å². The van der Waals surface area contributed by atoms with E-state index in [0.717, 1.165) is 49.5 Å². The molecule has 0 saturated carbocycles. The van der Waals surface area contributed by atoms with Gasteiger partial charge in [-0.3, -0.25) is 9.69 Å². The summed E-state index contributed by atoms with van der Waals surface area (Å²) in [5.41, 5.74) is 2.11. The number of anilines is 1. The minimum Gasteiger partial charge on any atom is -0.478 e. The third-order valence-electron chi connectivity index (χ3n) is 5.87. The summed E-state index contributed by atoms with van der Waals surface area (Å²) in [4.78, 5) is 25.8. The van der Waals surface area contributed by atoms with Gasteiger partial charge >= 0.3 is 5.97 Å². The minimum absolute atomic E-state index is 0.0921. The first kappa shape index (κ1) is 23.5. The lowest BCUT2D eigenvalue weighted by Crippen LogP contribution is -2.40. The first-order valence-electron chi connectivity index (χ1n) is 11.5. The van der Waals surface area contributed by atoms with Crippen molar-refractivity contribution in [3.63, 3.8) is 0 Å². The molecule has 3 N–H and O–H groups in total. The number of carbonyl (C=O) groups is 2. The first-order valence-corrected chi connectivity index (χ1v) is 11.5. The summed E-state index contributed by atoms with van der Waals surface area (Å²) in [5, 5.41) is 15.2. The van der Waals surface area contributed by atoms with Crippen molar-refractivity contribution in [2.75, 3.05) is 25.0 Å². The molecule has 0 spiro atoms. The van der Waals surface area contributed by atoms with E-state index in [0.29, 0.717) is 17.4 Å². The van der Waals surface area contributed by atoms with E-state index in [1.165, 1.54) is 0 Å². The fourth-order valence-electron chi connectivity index (χ4n) is 4.11. The Labute approximate surface area is 199 Å². The number of benzene rings is 3. The van der Waals surface area contributed by atoms with Crippen LogP contribution in [-0.4, -0.2) is 47.6 Å². The first-order chi connectivity index (χ1) is 16.6.